The van der Waals surface area contributed by atoms with E-state index in [9.17, 15) is 19.8 Å². The van der Waals surface area contributed by atoms with Crippen molar-refractivity contribution in [3.05, 3.63) is 11.3 Å². The van der Waals surface area contributed by atoms with Gasteiger partial charge in [0.05, 0.1) is 19.3 Å². The first-order valence-corrected chi connectivity index (χ1v) is 11.8. The molecule has 0 spiro atoms. The number of tetrazole rings is 1. The fraction of sp³-hybridized carbons (Fsp3) is 0.706. The van der Waals surface area contributed by atoms with E-state index < -0.39 is 18.7 Å². The number of aliphatic carboxylic acids is 1. The highest BCUT2D eigenvalue weighted by molar-refractivity contribution is 8.01. The second kappa shape index (κ2) is 10.6. The Labute approximate surface area is 182 Å². The molecule has 30 heavy (non-hydrogen) atoms. The maximum atomic E-state index is 12.6. The minimum Gasteiger partial charge on any atom is -0.477 e. The number of carbonyl (C=O) groups is 2. The van der Waals surface area contributed by atoms with Crippen molar-refractivity contribution in [2.24, 2.45) is 0 Å². The van der Waals surface area contributed by atoms with E-state index in [0.29, 0.717) is 22.2 Å². The van der Waals surface area contributed by atoms with Crippen LogP contribution in [-0.4, -0.2) is 94.5 Å². The van der Waals surface area contributed by atoms with Crippen LogP contribution in [-0.2, 0) is 16.1 Å². The number of aromatic nitrogens is 4. The van der Waals surface area contributed by atoms with Gasteiger partial charge in [-0.05, 0) is 29.0 Å². The first-order chi connectivity index (χ1) is 14.5. The zero-order valence-electron chi connectivity index (χ0n) is 16.6. The maximum absolute atomic E-state index is 12.6. The SMILES string of the molecule is CCCCCNC1C(=O)N2C(C(=O)O)=C(CSc3nnnn3CC(O)CO)CS[C@H]12. The maximum Gasteiger partial charge on any atom is 0.352 e. The molecule has 0 aromatic carbocycles. The lowest BCUT2D eigenvalue weighted by atomic mass is 10.0. The highest BCUT2D eigenvalue weighted by Gasteiger charge is 2.53. The lowest BCUT2D eigenvalue weighted by Crippen LogP contribution is -2.70. The molecule has 1 aromatic rings. The number of nitrogens with one attached hydrogen (secondary N) is 1. The summed E-state index contributed by atoms with van der Waals surface area (Å²) in [5, 5.41) is 43.0. The Kier molecular flexibility index (Phi) is 8.11. The molecule has 1 amide bonds. The van der Waals surface area contributed by atoms with Gasteiger partial charge in [-0.1, -0.05) is 31.5 Å². The first-order valence-electron chi connectivity index (χ1n) is 9.79. The molecule has 0 bridgehead atoms. The van der Waals surface area contributed by atoms with Gasteiger partial charge in [0.15, 0.2) is 0 Å². The van der Waals surface area contributed by atoms with Crippen molar-refractivity contribution in [2.45, 2.75) is 55.4 Å². The number of aliphatic hydroxyl groups excluding tert-OH is 2. The smallest absolute Gasteiger partial charge is 0.352 e. The molecule has 3 heterocycles. The second-order valence-corrected chi connectivity index (χ2v) is 9.12. The summed E-state index contributed by atoms with van der Waals surface area (Å²) in [4.78, 5) is 25.9. The third-order valence-corrected chi connectivity index (χ3v) is 7.25. The fourth-order valence-corrected chi connectivity index (χ4v) is 5.71. The van der Waals surface area contributed by atoms with E-state index in [0.717, 1.165) is 25.8 Å². The van der Waals surface area contributed by atoms with E-state index >= 15 is 0 Å². The van der Waals surface area contributed by atoms with E-state index in [1.165, 1.54) is 21.3 Å². The summed E-state index contributed by atoms with van der Waals surface area (Å²) in [7, 11) is 0. The zero-order valence-corrected chi connectivity index (χ0v) is 18.2. The third kappa shape index (κ3) is 4.97. The summed E-state index contributed by atoms with van der Waals surface area (Å²) in [6.45, 7) is 2.47. The molecule has 2 aliphatic heterocycles. The Morgan fingerprint density at radius 1 is 1.43 bits per heavy atom. The van der Waals surface area contributed by atoms with E-state index in [1.54, 1.807) is 11.8 Å². The number of amides is 1. The lowest BCUT2D eigenvalue weighted by Gasteiger charge is -2.49. The van der Waals surface area contributed by atoms with Gasteiger partial charge in [-0.15, -0.1) is 16.9 Å². The average molecular weight is 459 g/mol. The highest BCUT2D eigenvalue weighted by atomic mass is 32.2. The number of fused-ring (bicyclic) bond motifs is 1. The molecule has 13 heteroatoms. The number of carboxylic acid groups (broad SMARTS) is 1. The van der Waals surface area contributed by atoms with Crippen molar-refractivity contribution in [1.29, 1.82) is 0 Å². The topological polar surface area (TPSA) is 154 Å². The molecular formula is C17H26N6O5S2. The number of carbonyl (C=O) groups excluding carboxylic acids is 1. The molecule has 2 unspecified atom stereocenters. The van der Waals surface area contributed by atoms with Gasteiger partial charge in [-0.25, -0.2) is 9.48 Å². The molecule has 0 aliphatic carbocycles. The molecule has 1 aromatic heterocycles. The largest absolute Gasteiger partial charge is 0.477 e. The van der Waals surface area contributed by atoms with Crippen molar-refractivity contribution in [3.8, 4) is 0 Å². The van der Waals surface area contributed by atoms with Crippen molar-refractivity contribution in [3.63, 3.8) is 0 Å². The van der Waals surface area contributed by atoms with Crippen LogP contribution in [0.4, 0.5) is 0 Å². The van der Waals surface area contributed by atoms with Gasteiger partial charge in [0.25, 0.3) is 0 Å². The van der Waals surface area contributed by atoms with Crippen LogP contribution in [0.3, 0.4) is 0 Å². The summed E-state index contributed by atoms with van der Waals surface area (Å²) in [6, 6.07) is -0.345. The summed E-state index contributed by atoms with van der Waals surface area (Å²) in [5.74, 6) is -0.532. The molecule has 166 valence electrons. The molecule has 0 radical (unpaired) electrons. The van der Waals surface area contributed by atoms with Gasteiger partial charge >= 0.3 is 5.97 Å². The molecule has 3 rings (SSSR count). The monoisotopic (exact) mass is 458 g/mol. The van der Waals surface area contributed by atoms with Crippen molar-refractivity contribution < 1.29 is 24.9 Å². The zero-order chi connectivity index (χ0) is 21.7. The second-order valence-electron chi connectivity index (χ2n) is 7.07. The molecule has 1 fully saturated rings. The molecule has 11 nitrogen and oxygen atoms in total. The number of rotatable bonds is 12. The van der Waals surface area contributed by atoms with Gasteiger partial charge < -0.3 is 20.6 Å². The van der Waals surface area contributed by atoms with Crippen LogP contribution in [0.1, 0.15) is 26.2 Å². The first kappa shape index (κ1) is 23.0. The Hall–Kier alpha value is -1.67. The van der Waals surface area contributed by atoms with Crippen molar-refractivity contribution in [2.75, 3.05) is 24.7 Å². The average Bonchev–Trinajstić information content (AvgIpc) is 3.17. The van der Waals surface area contributed by atoms with Gasteiger partial charge in [-0.2, -0.15) is 0 Å². The molecular weight excluding hydrogens is 432 g/mol. The van der Waals surface area contributed by atoms with Crippen molar-refractivity contribution in [1.82, 2.24) is 30.4 Å². The van der Waals surface area contributed by atoms with Crippen LogP contribution in [0.25, 0.3) is 0 Å². The van der Waals surface area contributed by atoms with E-state index in [-0.39, 0.29) is 29.6 Å². The van der Waals surface area contributed by atoms with E-state index in [1.807, 2.05) is 0 Å². The summed E-state index contributed by atoms with van der Waals surface area (Å²) in [6.07, 6.45) is 2.18. The van der Waals surface area contributed by atoms with Crippen LogP contribution in [0.2, 0.25) is 0 Å². The third-order valence-electron chi connectivity index (χ3n) is 4.86. The molecule has 4 N–H and O–H groups in total. The Balaban J connectivity index is 1.66. The lowest BCUT2D eigenvalue weighted by molar-refractivity contribution is -0.149. The Bertz CT molecular complexity index is 803. The molecule has 1 saturated heterocycles. The van der Waals surface area contributed by atoms with Crippen LogP contribution in [0, 0.1) is 0 Å². The minimum absolute atomic E-state index is 0.0312. The van der Waals surface area contributed by atoms with Crippen LogP contribution in [0.5, 0.6) is 0 Å². The Morgan fingerprint density at radius 3 is 2.93 bits per heavy atom. The predicted octanol–water partition coefficient (Wildman–Crippen LogP) is -0.479. The van der Waals surface area contributed by atoms with E-state index in [4.69, 9.17) is 5.11 Å². The fourth-order valence-electron chi connectivity index (χ4n) is 3.31. The van der Waals surface area contributed by atoms with Crippen LogP contribution < -0.4 is 5.32 Å². The number of nitrogens with zero attached hydrogens (tertiary/aromatic N) is 5. The number of hydrogen-bond acceptors (Lipinski definition) is 10. The number of hydrogen-bond donors (Lipinski definition) is 4. The molecule has 0 saturated carbocycles. The summed E-state index contributed by atoms with van der Waals surface area (Å²) in [5.41, 5.74) is 0.668. The minimum atomic E-state index is -1.12. The van der Waals surface area contributed by atoms with Gasteiger partial charge in [0, 0.05) is 11.5 Å². The van der Waals surface area contributed by atoms with Crippen molar-refractivity contribution >= 4 is 35.4 Å². The molecule has 3 atom stereocenters. The number of β-lactam (4-membered cyclic amide) rings is 1. The normalized spacial score (nSPS) is 22.1. The van der Waals surface area contributed by atoms with Crippen LogP contribution in [0.15, 0.2) is 16.4 Å². The van der Waals surface area contributed by atoms with Gasteiger partial charge in [0.2, 0.25) is 11.1 Å². The standard InChI is InChI=1S/C17H26N6O5S2/c1-2-3-4-5-18-12-14(26)23-13(16(27)28)10(8-29-15(12)23)9-30-17-19-20-21-22(17)6-11(25)7-24/h11-12,15,18,24-25H,2-9H2,1H3,(H,27,28)/t11?,12?,15-/m1/s1. The predicted molar refractivity (Wildman–Crippen MR) is 111 cm³/mol. The summed E-state index contributed by atoms with van der Waals surface area (Å²) < 4.78 is 1.36. The highest BCUT2D eigenvalue weighted by Crippen LogP contribution is 2.41. The number of unbranched alkanes of at least 4 members (excludes halogenated alkanes) is 2. The van der Waals surface area contributed by atoms with E-state index in [2.05, 4.69) is 27.8 Å². The number of carboxylic acids is 1. The summed E-state index contributed by atoms with van der Waals surface area (Å²) >= 11 is 2.78. The molecule has 2 aliphatic rings. The quantitative estimate of drug-likeness (QED) is 0.182. The number of thioether (sulfide) groups is 2. The van der Waals surface area contributed by atoms with Gasteiger partial charge in [0.1, 0.15) is 17.1 Å². The van der Waals surface area contributed by atoms with Gasteiger partial charge in [-0.3, -0.25) is 9.69 Å². The Morgan fingerprint density at radius 2 is 2.23 bits per heavy atom. The number of aliphatic hydroxyl groups is 2. The van der Waals surface area contributed by atoms with Crippen LogP contribution >= 0.6 is 23.5 Å².